The standard InChI is InChI=1S/C10H16N4S/c1-8(7-14-6-2-5-11-14)12-10(15)13-9-3-4-9/h2,5-6,8-9H,3-4,7H2,1H3,(H2,12,13,15). The molecule has 1 atom stereocenters. The summed E-state index contributed by atoms with van der Waals surface area (Å²) in [4.78, 5) is 0. The number of nitrogens with zero attached hydrogens (tertiary/aromatic N) is 2. The number of thiocarbonyl (C=S) groups is 1. The molecule has 1 aromatic rings. The molecule has 4 nitrogen and oxygen atoms in total. The summed E-state index contributed by atoms with van der Waals surface area (Å²) in [7, 11) is 0. The van der Waals surface area contributed by atoms with E-state index >= 15 is 0 Å². The van der Waals surface area contributed by atoms with E-state index in [0.717, 1.165) is 11.7 Å². The van der Waals surface area contributed by atoms with E-state index in [1.165, 1.54) is 12.8 Å². The Morgan fingerprint density at radius 3 is 3.07 bits per heavy atom. The van der Waals surface area contributed by atoms with Crippen LogP contribution in [0.1, 0.15) is 19.8 Å². The smallest absolute Gasteiger partial charge is 0.166 e. The third kappa shape index (κ3) is 3.51. The minimum Gasteiger partial charge on any atom is -0.360 e. The monoisotopic (exact) mass is 224 g/mol. The fourth-order valence-electron chi connectivity index (χ4n) is 1.41. The molecule has 2 N–H and O–H groups in total. The normalized spacial score (nSPS) is 17.1. The zero-order valence-corrected chi connectivity index (χ0v) is 9.63. The van der Waals surface area contributed by atoms with Crippen LogP contribution >= 0.6 is 12.2 Å². The van der Waals surface area contributed by atoms with Crippen LogP contribution in [-0.2, 0) is 6.54 Å². The van der Waals surface area contributed by atoms with Crippen LogP contribution in [0.4, 0.5) is 0 Å². The van der Waals surface area contributed by atoms with Gasteiger partial charge in [0.05, 0.1) is 6.54 Å². The molecular weight excluding hydrogens is 208 g/mol. The van der Waals surface area contributed by atoms with Crippen molar-refractivity contribution in [1.29, 1.82) is 0 Å². The molecule has 1 fully saturated rings. The highest BCUT2D eigenvalue weighted by atomic mass is 32.1. The fraction of sp³-hybridized carbons (Fsp3) is 0.600. The van der Waals surface area contributed by atoms with Crippen LogP contribution in [0.25, 0.3) is 0 Å². The first-order chi connectivity index (χ1) is 7.24. The van der Waals surface area contributed by atoms with Gasteiger partial charge in [0.25, 0.3) is 0 Å². The molecule has 0 amide bonds. The highest BCUT2D eigenvalue weighted by Gasteiger charge is 2.22. The van der Waals surface area contributed by atoms with Gasteiger partial charge in [0, 0.05) is 24.5 Å². The number of rotatable bonds is 4. The first-order valence-electron chi connectivity index (χ1n) is 5.28. The Morgan fingerprint density at radius 2 is 2.47 bits per heavy atom. The number of nitrogens with one attached hydrogen (secondary N) is 2. The average molecular weight is 224 g/mol. The molecular formula is C10H16N4S. The maximum Gasteiger partial charge on any atom is 0.166 e. The van der Waals surface area contributed by atoms with Crippen molar-refractivity contribution in [1.82, 2.24) is 20.4 Å². The molecule has 1 unspecified atom stereocenters. The minimum absolute atomic E-state index is 0.295. The van der Waals surface area contributed by atoms with Crippen LogP contribution in [0.2, 0.25) is 0 Å². The number of hydrogen-bond acceptors (Lipinski definition) is 2. The second-order valence-electron chi connectivity index (χ2n) is 4.02. The van der Waals surface area contributed by atoms with Gasteiger partial charge in [0.15, 0.2) is 5.11 Å². The molecule has 1 aliphatic carbocycles. The van der Waals surface area contributed by atoms with Gasteiger partial charge in [-0.15, -0.1) is 0 Å². The Labute approximate surface area is 95.0 Å². The molecule has 0 saturated heterocycles. The minimum atomic E-state index is 0.295. The Balaban J connectivity index is 1.71. The van der Waals surface area contributed by atoms with Crippen LogP contribution < -0.4 is 10.6 Å². The van der Waals surface area contributed by atoms with Crippen LogP contribution in [0, 0.1) is 0 Å². The SMILES string of the molecule is CC(Cn1cccn1)NC(=S)NC1CC1. The molecule has 1 aromatic heterocycles. The van der Waals surface area contributed by atoms with Crippen molar-refractivity contribution < 1.29 is 0 Å². The maximum absolute atomic E-state index is 5.19. The van der Waals surface area contributed by atoms with Gasteiger partial charge in [-0.05, 0) is 38.0 Å². The van der Waals surface area contributed by atoms with Gasteiger partial charge in [-0.25, -0.2) is 0 Å². The number of aromatic nitrogens is 2. The summed E-state index contributed by atoms with van der Waals surface area (Å²) in [6, 6.07) is 2.83. The van der Waals surface area contributed by atoms with E-state index in [9.17, 15) is 0 Å². The number of hydrogen-bond donors (Lipinski definition) is 2. The van der Waals surface area contributed by atoms with E-state index < -0.39 is 0 Å². The predicted molar refractivity (Wildman–Crippen MR) is 63.6 cm³/mol. The third-order valence-electron chi connectivity index (χ3n) is 2.31. The van der Waals surface area contributed by atoms with E-state index in [2.05, 4.69) is 22.7 Å². The molecule has 0 radical (unpaired) electrons. The zero-order valence-electron chi connectivity index (χ0n) is 8.81. The summed E-state index contributed by atoms with van der Waals surface area (Å²) in [5, 5.41) is 11.4. The first-order valence-corrected chi connectivity index (χ1v) is 5.69. The van der Waals surface area contributed by atoms with Crippen molar-refractivity contribution >= 4 is 17.3 Å². The van der Waals surface area contributed by atoms with Gasteiger partial charge < -0.3 is 10.6 Å². The Morgan fingerprint density at radius 1 is 1.67 bits per heavy atom. The van der Waals surface area contributed by atoms with Crippen molar-refractivity contribution in [2.45, 2.75) is 38.4 Å². The molecule has 1 aliphatic rings. The lowest BCUT2D eigenvalue weighted by molar-refractivity contribution is 0.503. The van der Waals surface area contributed by atoms with Crippen LogP contribution in [-0.4, -0.2) is 27.0 Å². The third-order valence-corrected chi connectivity index (χ3v) is 2.55. The van der Waals surface area contributed by atoms with Gasteiger partial charge in [-0.2, -0.15) is 5.10 Å². The van der Waals surface area contributed by atoms with Crippen molar-refractivity contribution in [3.63, 3.8) is 0 Å². The fourth-order valence-corrected chi connectivity index (χ4v) is 1.78. The topological polar surface area (TPSA) is 41.9 Å². The molecule has 1 heterocycles. The molecule has 2 rings (SSSR count). The van der Waals surface area contributed by atoms with Crippen LogP contribution in [0.15, 0.2) is 18.5 Å². The van der Waals surface area contributed by atoms with Crippen LogP contribution in [0.5, 0.6) is 0 Å². The molecule has 5 heteroatoms. The molecule has 0 bridgehead atoms. The van der Waals surface area contributed by atoms with Crippen molar-refractivity contribution in [2.24, 2.45) is 0 Å². The summed E-state index contributed by atoms with van der Waals surface area (Å²) in [6.07, 6.45) is 6.23. The van der Waals surface area contributed by atoms with Crippen molar-refractivity contribution in [3.8, 4) is 0 Å². The lowest BCUT2D eigenvalue weighted by atomic mass is 10.3. The van der Waals surface area contributed by atoms with E-state index in [-0.39, 0.29) is 0 Å². The lowest BCUT2D eigenvalue weighted by Gasteiger charge is -2.16. The molecule has 15 heavy (non-hydrogen) atoms. The van der Waals surface area contributed by atoms with Crippen molar-refractivity contribution in [2.75, 3.05) is 0 Å². The quantitative estimate of drug-likeness (QED) is 0.746. The van der Waals surface area contributed by atoms with Gasteiger partial charge >= 0.3 is 0 Å². The van der Waals surface area contributed by atoms with E-state index in [0.29, 0.717) is 12.1 Å². The van der Waals surface area contributed by atoms with Gasteiger partial charge in [0.1, 0.15) is 0 Å². The highest BCUT2D eigenvalue weighted by molar-refractivity contribution is 7.80. The largest absolute Gasteiger partial charge is 0.360 e. The molecule has 0 aromatic carbocycles. The molecule has 0 spiro atoms. The van der Waals surface area contributed by atoms with Crippen LogP contribution in [0.3, 0.4) is 0 Å². The van der Waals surface area contributed by atoms with E-state index in [1.54, 1.807) is 6.20 Å². The summed E-state index contributed by atoms with van der Waals surface area (Å²) in [5.74, 6) is 0. The van der Waals surface area contributed by atoms with E-state index in [4.69, 9.17) is 12.2 Å². The summed E-state index contributed by atoms with van der Waals surface area (Å²) >= 11 is 5.19. The van der Waals surface area contributed by atoms with Gasteiger partial charge in [-0.1, -0.05) is 0 Å². The highest BCUT2D eigenvalue weighted by Crippen LogP contribution is 2.18. The Bertz CT molecular complexity index is 318. The second kappa shape index (κ2) is 4.61. The Hall–Kier alpha value is -1.10. The predicted octanol–water partition coefficient (Wildman–Crippen LogP) is 0.898. The molecule has 1 saturated carbocycles. The Kier molecular flexibility index (Phi) is 3.20. The zero-order chi connectivity index (χ0) is 10.7. The average Bonchev–Trinajstić information content (AvgIpc) is 2.80. The van der Waals surface area contributed by atoms with Crippen molar-refractivity contribution in [3.05, 3.63) is 18.5 Å². The summed E-state index contributed by atoms with van der Waals surface area (Å²) in [5.41, 5.74) is 0. The second-order valence-corrected chi connectivity index (χ2v) is 4.43. The van der Waals surface area contributed by atoms with E-state index in [1.807, 2.05) is 16.9 Å². The summed E-state index contributed by atoms with van der Waals surface area (Å²) in [6.45, 7) is 2.93. The molecule has 82 valence electrons. The lowest BCUT2D eigenvalue weighted by Crippen LogP contribution is -2.43. The first kappa shape index (κ1) is 10.4. The molecule has 0 aliphatic heterocycles. The maximum atomic E-state index is 5.19. The summed E-state index contributed by atoms with van der Waals surface area (Å²) < 4.78 is 1.90. The van der Waals surface area contributed by atoms with Gasteiger partial charge in [-0.3, -0.25) is 4.68 Å². The van der Waals surface area contributed by atoms with Gasteiger partial charge in [0.2, 0.25) is 0 Å².